The minimum Gasteiger partial charge on any atom is -0.258 e. The normalized spacial score (nSPS) is 10.6. The van der Waals surface area contributed by atoms with Crippen LogP contribution in [0.3, 0.4) is 0 Å². The molecule has 0 bridgehead atoms. The van der Waals surface area contributed by atoms with Crippen molar-refractivity contribution in [2.24, 2.45) is 0 Å². The number of nitro groups is 1. The average Bonchev–Trinajstić information content (AvgIpc) is 2.08. The molecule has 0 radical (unpaired) electrons. The predicted molar refractivity (Wildman–Crippen MR) is 48.5 cm³/mol. The summed E-state index contributed by atoms with van der Waals surface area (Å²) in [4.78, 5) is 12.3. The molecule has 76 valence electrons. The molecule has 0 saturated carbocycles. The number of hydrogen-bond acceptors (Lipinski definition) is 3. The van der Waals surface area contributed by atoms with E-state index in [2.05, 4.69) is 4.98 Å². The van der Waals surface area contributed by atoms with Crippen molar-refractivity contribution in [1.82, 2.24) is 4.98 Å². The third-order valence-corrected chi connectivity index (χ3v) is 2.43. The Hall–Kier alpha value is -0.930. The summed E-state index contributed by atoms with van der Waals surface area (Å²) < 4.78 is 36.8. The standard InChI is InChI=1S/C6H2F3IN2O2/c7-5(8)3-2(12(13)14)1-11-6(9)4(3)10/h1,5H. The van der Waals surface area contributed by atoms with Gasteiger partial charge in [0.05, 0.1) is 8.49 Å². The summed E-state index contributed by atoms with van der Waals surface area (Å²) in [6.45, 7) is 0. The number of hydrogen-bond donors (Lipinski definition) is 0. The van der Waals surface area contributed by atoms with Gasteiger partial charge < -0.3 is 0 Å². The van der Waals surface area contributed by atoms with Gasteiger partial charge in [-0.1, -0.05) is 0 Å². The summed E-state index contributed by atoms with van der Waals surface area (Å²) in [7, 11) is 0. The zero-order valence-corrected chi connectivity index (χ0v) is 8.53. The zero-order valence-electron chi connectivity index (χ0n) is 6.38. The van der Waals surface area contributed by atoms with Gasteiger partial charge >= 0.3 is 0 Å². The maximum Gasteiger partial charge on any atom is 0.297 e. The predicted octanol–water partition coefficient (Wildman–Crippen LogP) is 2.67. The van der Waals surface area contributed by atoms with Crippen molar-refractivity contribution in [1.29, 1.82) is 0 Å². The summed E-state index contributed by atoms with van der Waals surface area (Å²) in [5.41, 5.74) is -1.80. The average molecular weight is 318 g/mol. The van der Waals surface area contributed by atoms with Gasteiger partial charge in [0, 0.05) is 0 Å². The third-order valence-electron chi connectivity index (χ3n) is 1.41. The first-order valence-electron chi connectivity index (χ1n) is 3.21. The van der Waals surface area contributed by atoms with Crippen molar-refractivity contribution in [3.63, 3.8) is 0 Å². The molecular formula is C6H2F3IN2O2. The van der Waals surface area contributed by atoms with Gasteiger partial charge in [-0.25, -0.2) is 13.8 Å². The molecule has 1 aromatic rings. The van der Waals surface area contributed by atoms with Crippen LogP contribution in [0.25, 0.3) is 0 Å². The Morgan fingerprint density at radius 2 is 2.14 bits per heavy atom. The molecule has 0 aliphatic rings. The monoisotopic (exact) mass is 318 g/mol. The fourth-order valence-corrected chi connectivity index (χ4v) is 1.47. The molecule has 1 aromatic heterocycles. The summed E-state index contributed by atoms with van der Waals surface area (Å²) in [5, 5.41) is 10.3. The Morgan fingerprint density at radius 1 is 1.57 bits per heavy atom. The van der Waals surface area contributed by atoms with Crippen LogP contribution in [-0.2, 0) is 0 Å². The first-order chi connectivity index (χ1) is 6.45. The lowest BCUT2D eigenvalue weighted by atomic mass is 10.2. The Balaban J connectivity index is 3.45. The SMILES string of the molecule is O=[N+]([O-])c1cnc(F)c(I)c1C(F)F. The van der Waals surface area contributed by atoms with Gasteiger partial charge in [0.2, 0.25) is 5.95 Å². The van der Waals surface area contributed by atoms with E-state index in [0.29, 0.717) is 6.20 Å². The Bertz CT molecular complexity index is 386. The van der Waals surface area contributed by atoms with Crippen molar-refractivity contribution >= 4 is 28.3 Å². The minimum atomic E-state index is -3.10. The number of rotatable bonds is 2. The van der Waals surface area contributed by atoms with Crippen molar-refractivity contribution in [3.8, 4) is 0 Å². The highest BCUT2D eigenvalue weighted by atomic mass is 127. The quantitative estimate of drug-likeness (QED) is 0.365. The molecule has 4 nitrogen and oxygen atoms in total. The van der Waals surface area contributed by atoms with E-state index >= 15 is 0 Å². The molecule has 0 atom stereocenters. The summed E-state index contributed by atoms with van der Waals surface area (Å²) in [6, 6.07) is 0. The molecule has 0 fully saturated rings. The Morgan fingerprint density at radius 3 is 2.57 bits per heavy atom. The van der Waals surface area contributed by atoms with Crippen molar-refractivity contribution < 1.29 is 18.1 Å². The van der Waals surface area contributed by atoms with E-state index in [-0.39, 0.29) is 0 Å². The van der Waals surface area contributed by atoms with Crippen LogP contribution < -0.4 is 0 Å². The van der Waals surface area contributed by atoms with Gasteiger partial charge in [0.1, 0.15) is 11.8 Å². The highest BCUT2D eigenvalue weighted by Gasteiger charge is 2.27. The van der Waals surface area contributed by atoms with E-state index in [9.17, 15) is 23.3 Å². The van der Waals surface area contributed by atoms with Crippen LogP contribution in [0.5, 0.6) is 0 Å². The van der Waals surface area contributed by atoms with Crippen LogP contribution in [0, 0.1) is 19.6 Å². The van der Waals surface area contributed by atoms with Crippen molar-refractivity contribution in [2.75, 3.05) is 0 Å². The van der Waals surface area contributed by atoms with Crippen molar-refractivity contribution in [2.45, 2.75) is 6.43 Å². The first-order valence-corrected chi connectivity index (χ1v) is 4.29. The Kier molecular flexibility index (Phi) is 3.24. The van der Waals surface area contributed by atoms with E-state index in [1.165, 1.54) is 22.6 Å². The number of nitrogens with zero attached hydrogens (tertiary/aromatic N) is 2. The zero-order chi connectivity index (χ0) is 10.9. The second kappa shape index (κ2) is 4.07. The molecule has 0 aliphatic heterocycles. The van der Waals surface area contributed by atoms with Crippen LogP contribution in [0.2, 0.25) is 0 Å². The summed E-state index contributed by atoms with van der Waals surface area (Å²) in [5.74, 6) is -1.13. The molecule has 0 amide bonds. The highest BCUT2D eigenvalue weighted by Crippen LogP contribution is 2.32. The molecule has 0 aromatic carbocycles. The molecule has 0 spiro atoms. The fourth-order valence-electron chi connectivity index (χ4n) is 0.821. The molecule has 14 heavy (non-hydrogen) atoms. The van der Waals surface area contributed by atoms with E-state index in [1.54, 1.807) is 0 Å². The molecule has 0 unspecified atom stereocenters. The highest BCUT2D eigenvalue weighted by molar-refractivity contribution is 14.1. The molecular weight excluding hydrogens is 316 g/mol. The summed E-state index contributed by atoms with van der Waals surface area (Å²) in [6.07, 6.45) is -2.61. The molecule has 0 aliphatic carbocycles. The maximum absolute atomic E-state index is 12.7. The van der Waals surface area contributed by atoms with Crippen molar-refractivity contribution in [3.05, 3.63) is 31.4 Å². The number of alkyl halides is 2. The molecule has 0 N–H and O–H groups in total. The Labute approximate surface area is 89.4 Å². The smallest absolute Gasteiger partial charge is 0.258 e. The van der Waals surface area contributed by atoms with E-state index in [1.807, 2.05) is 0 Å². The van der Waals surface area contributed by atoms with Gasteiger partial charge in [0.25, 0.3) is 12.1 Å². The maximum atomic E-state index is 12.7. The van der Waals surface area contributed by atoms with Crippen LogP contribution in [0.1, 0.15) is 12.0 Å². The third kappa shape index (κ3) is 1.94. The lowest BCUT2D eigenvalue weighted by molar-refractivity contribution is -0.386. The summed E-state index contributed by atoms with van der Waals surface area (Å²) >= 11 is 1.26. The topological polar surface area (TPSA) is 56.0 Å². The van der Waals surface area contributed by atoms with Gasteiger partial charge in [-0.05, 0) is 22.6 Å². The number of pyridine rings is 1. The largest absolute Gasteiger partial charge is 0.297 e. The molecule has 8 heteroatoms. The van der Waals surface area contributed by atoms with E-state index in [4.69, 9.17) is 0 Å². The van der Waals surface area contributed by atoms with Crippen LogP contribution >= 0.6 is 22.6 Å². The van der Waals surface area contributed by atoms with Crippen LogP contribution in [0.15, 0.2) is 6.20 Å². The molecule has 1 heterocycles. The second-order valence-electron chi connectivity index (χ2n) is 2.22. The van der Waals surface area contributed by atoms with E-state index < -0.39 is 32.1 Å². The number of halogens is 4. The lowest BCUT2D eigenvalue weighted by Gasteiger charge is -2.03. The van der Waals surface area contributed by atoms with Crippen LogP contribution in [-0.4, -0.2) is 9.91 Å². The van der Waals surface area contributed by atoms with Gasteiger partial charge in [-0.15, -0.1) is 0 Å². The number of aromatic nitrogens is 1. The minimum absolute atomic E-state index is 0.485. The van der Waals surface area contributed by atoms with Gasteiger partial charge in [-0.3, -0.25) is 10.1 Å². The fraction of sp³-hybridized carbons (Fsp3) is 0.167. The van der Waals surface area contributed by atoms with Gasteiger partial charge in [0.15, 0.2) is 0 Å². The lowest BCUT2D eigenvalue weighted by Crippen LogP contribution is -2.03. The molecule has 0 saturated heterocycles. The second-order valence-corrected chi connectivity index (χ2v) is 3.30. The van der Waals surface area contributed by atoms with Crippen LogP contribution in [0.4, 0.5) is 18.9 Å². The molecule has 1 rings (SSSR count). The first kappa shape index (κ1) is 11.1. The van der Waals surface area contributed by atoms with Gasteiger partial charge in [-0.2, -0.15) is 4.39 Å². The van der Waals surface area contributed by atoms with E-state index in [0.717, 1.165) is 0 Å².